The van der Waals surface area contributed by atoms with Crippen molar-refractivity contribution in [2.75, 3.05) is 0 Å². The summed E-state index contributed by atoms with van der Waals surface area (Å²) in [5, 5.41) is 1.36. The molecule has 164 valence electrons. The summed E-state index contributed by atoms with van der Waals surface area (Å²) in [6.45, 7) is 8.79. The topological polar surface area (TPSA) is 129 Å². The molecule has 0 radical (unpaired) electrons. The lowest BCUT2D eigenvalue weighted by atomic mass is 10.2. The summed E-state index contributed by atoms with van der Waals surface area (Å²) >= 11 is 1.21. The van der Waals surface area contributed by atoms with Gasteiger partial charge in [-0.15, -0.1) is 11.3 Å². The highest BCUT2D eigenvalue weighted by atomic mass is 32.1. The molecule has 3 amide bonds. The Kier molecular flexibility index (Phi) is 5.44. The Hall–Kier alpha value is -2.82. The maximum absolute atomic E-state index is 13.1. The second kappa shape index (κ2) is 7.46. The summed E-state index contributed by atoms with van der Waals surface area (Å²) in [6, 6.07) is -0.963. The molecule has 2 heterocycles. The number of aromatic nitrogens is 2. The molecule has 0 aliphatic heterocycles. The fourth-order valence-corrected chi connectivity index (χ4v) is 4.56. The smallest absolute Gasteiger partial charge is 0.426 e. The summed E-state index contributed by atoms with van der Waals surface area (Å²) < 4.78 is 7.94. The Bertz CT molecular complexity index is 1140. The highest BCUT2D eigenvalue weighted by molar-refractivity contribution is 7.18. The van der Waals surface area contributed by atoms with E-state index in [0.29, 0.717) is 20.7 Å². The lowest BCUT2D eigenvalue weighted by Gasteiger charge is -2.24. The lowest BCUT2D eigenvalue weighted by molar-refractivity contribution is 0.0376. The summed E-state index contributed by atoms with van der Waals surface area (Å²) in [5.41, 5.74) is 6.97. The van der Waals surface area contributed by atoms with Crippen molar-refractivity contribution in [1.29, 1.82) is 0 Å². The van der Waals surface area contributed by atoms with Crippen molar-refractivity contribution in [2.24, 2.45) is 18.7 Å². The minimum atomic E-state index is -0.879. The van der Waals surface area contributed by atoms with Crippen LogP contribution in [-0.2, 0) is 18.3 Å². The maximum Gasteiger partial charge on any atom is 0.426 e. The molecule has 0 spiro atoms. The number of fused-ring (bicyclic) bond motifs is 1. The van der Waals surface area contributed by atoms with E-state index in [1.54, 1.807) is 34.7 Å². The summed E-state index contributed by atoms with van der Waals surface area (Å²) in [5.74, 6) is 0.287. The summed E-state index contributed by atoms with van der Waals surface area (Å²) in [4.78, 5) is 50.9. The van der Waals surface area contributed by atoms with Crippen LogP contribution in [0.1, 0.15) is 50.6 Å². The minimum Gasteiger partial charge on any atom is -0.443 e. The number of amides is 3. The first-order valence-corrected chi connectivity index (χ1v) is 10.4. The zero-order valence-corrected chi connectivity index (χ0v) is 18.8. The van der Waals surface area contributed by atoms with E-state index < -0.39 is 17.7 Å². The fraction of sp³-hybridized carbons (Fsp3) is 0.579. The molecular formula is C19H27N5O5S. The molecule has 10 nitrogen and oxygen atoms in total. The van der Waals surface area contributed by atoms with Gasteiger partial charge in [-0.3, -0.25) is 13.9 Å². The number of rotatable bonds is 3. The van der Waals surface area contributed by atoms with E-state index >= 15 is 0 Å². The second-order valence-corrected chi connectivity index (χ2v) is 9.75. The number of hydrogen-bond donors (Lipinski definition) is 2. The molecule has 3 N–H and O–H groups in total. The average Bonchev–Trinajstić information content (AvgIpc) is 3.21. The van der Waals surface area contributed by atoms with Crippen molar-refractivity contribution in [2.45, 2.75) is 59.2 Å². The van der Waals surface area contributed by atoms with Crippen LogP contribution in [0.25, 0.3) is 10.2 Å². The van der Waals surface area contributed by atoms with Gasteiger partial charge in [0.2, 0.25) is 0 Å². The third kappa shape index (κ3) is 4.07. The zero-order valence-electron chi connectivity index (χ0n) is 17.9. The SMILES string of the molecule is Cc1c(CN(NC(=O)OC(C)(C)C)C(N)=O)sc2c1c(=O)n([C@H]1C[C@@H]1C)c(=O)n2C. The predicted octanol–water partition coefficient (Wildman–Crippen LogP) is 1.97. The number of hydrogen-bond acceptors (Lipinski definition) is 6. The molecule has 0 unspecified atom stereocenters. The van der Waals surface area contributed by atoms with Gasteiger partial charge < -0.3 is 10.5 Å². The van der Waals surface area contributed by atoms with Gasteiger partial charge in [-0.05, 0) is 45.6 Å². The first kappa shape index (κ1) is 21.9. The molecule has 3 rings (SSSR count). The molecule has 2 aromatic heterocycles. The van der Waals surface area contributed by atoms with Gasteiger partial charge in [0, 0.05) is 18.0 Å². The molecule has 0 saturated heterocycles. The molecular weight excluding hydrogens is 410 g/mol. The van der Waals surface area contributed by atoms with Crippen LogP contribution >= 0.6 is 11.3 Å². The molecule has 1 aliphatic carbocycles. The van der Waals surface area contributed by atoms with Gasteiger partial charge in [0.15, 0.2) is 0 Å². The van der Waals surface area contributed by atoms with Crippen LogP contribution in [0.4, 0.5) is 9.59 Å². The van der Waals surface area contributed by atoms with Gasteiger partial charge in [-0.2, -0.15) is 0 Å². The van der Waals surface area contributed by atoms with Crippen LogP contribution in [0.5, 0.6) is 0 Å². The Morgan fingerprint density at radius 2 is 1.93 bits per heavy atom. The van der Waals surface area contributed by atoms with E-state index in [0.717, 1.165) is 11.4 Å². The van der Waals surface area contributed by atoms with Crippen molar-refractivity contribution in [3.8, 4) is 0 Å². The van der Waals surface area contributed by atoms with Gasteiger partial charge >= 0.3 is 17.8 Å². The number of ether oxygens (including phenoxy) is 1. The van der Waals surface area contributed by atoms with Gasteiger partial charge in [-0.1, -0.05) is 6.92 Å². The lowest BCUT2D eigenvalue weighted by Crippen LogP contribution is -2.49. The van der Waals surface area contributed by atoms with Crippen LogP contribution in [-0.4, -0.2) is 31.9 Å². The highest BCUT2D eigenvalue weighted by Crippen LogP contribution is 2.41. The van der Waals surface area contributed by atoms with Crippen LogP contribution in [0.3, 0.4) is 0 Å². The predicted molar refractivity (Wildman–Crippen MR) is 113 cm³/mol. The number of carbonyl (C=O) groups is 2. The zero-order chi connectivity index (χ0) is 22.5. The summed E-state index contributed by atoms with van der Waals surface area (Å²) in [6.07, 6.45) is -0.0241. The maximum atomic E-state index is 13.1. The number of primary amides is 1. The quantitative estimate of drug-likeness (QED) is 0.710. The van der Waals surface area contributed by atoms with Crippen molar-refractivity contribution < 1.29 is 14.3 Å². The van der Waals surface area contributed by atoms with Gasteiger partial charge in [0.1, 0.15) is 10.4 Å². The Morgan fingerprint density at radius 1 is 1.33 bits per heavy atom. The third-order valence-corrected chi connectivity index (χ3v) is 6.40. The summed E-state index contributed by atoms with van der Waals surface area (Å²) in [7, 11) is 1.62. The largest absolute Gasteiger partial charge is 0.443 e. The van der Waals surface area contributed by atoms with E-state index in [-0.39, 0.29) is 29.8 Å². The molecule has 30 heavy (non-hydrogen) atoms. The Morgan fingerprint density at radius 3 is 2.43 bits per heavy atom. The fourth-order valence-electron chi connectivity index (χ4n) is 3.32. The van der Waals surface area contributed by atoms with Crippen molar-refractivity contribution in [3.63, 3.8) is 0 Å². The van der Waals surface area contributed by atoms with E-state index in [4.69, 9.17) is 10.5 Å². The first-order chi connectivity index (χ1) is 13.8. The van der Waals surface area contributed by atoms with E-state index in [2.05, 4.69) is 5.43 Å². The van der Waals surface area contributed by atoms with Gasteiger partial charge in [0.05, 0.1) is 11.9 Å². The number of urea groups is 1. The Balaban J connectivity index is 1.99. The molecule has 0 bridgehead atoms. The van der Waals surface area contributed by atoms with Gasteiger partial charge in [0.25, 0.3) is 5.56 Å². The van der Waals surface area contributed by atoms with E-state index in [9.17, 15) is 19.2 Å². The first-order valence-electron chi connectivity index (χ1n) is 9.62. The number of carbonyl (C=O) groups excluding carboxylic acids is 2. The Labute approximate surface area is 177 Å². The van der Waals surface area contributed by atoms with Crippen molar-refractivity contribution in [1.82, 2.24) is 19.6 Å². The highest BCUT2D eigenvalue weighted by Gasteiger charge is 2.38. The molecule has 11 heteroatoms. The van der Waals surface area contributed by atoms with Crippen molar-refractivity contribution in [3.05, 3.63) is 31.3 Å². The van der Waals surface area contributed by atoms with Crippen LogP contribution in [0.2, 0.25) is 0 Å². The molecule has 1 aliphatic rings. The standard InChI is InChI=1S/C19H27N5O5S/c1-9-7-11(9)24-14(25)13-10(2)12(30-15(13)22(6)18(24)28)8-23(16(20)26)21-17(27)29-19(3,4)5/h9,11H,7-8H2,1-6H3,(H2,20,26)(H,21,27)/t9-,11-/m0/s1. The van der Waals surface area contributed by atoms with Crippen molar-refractivity contribution >= 4 is 33.7 Å². The monoisotopic (exact) mass is 437 g/mol. The number of nitrogens with two attached hydrogens (primary N) is 1. The number of nitrogens with zero attached hydrogens (tertiary/aromatic N) is 3. The minimum absolute atomic E-state index is 0.0623. The number of nitrogens with one attached hydrogen (secondary N) is 1. The molecule has 0 aromatic carbocycles. The van der Waals surface area contributed by atoms with Crippen LogP contribution < -0.4 is 22.4 Å². The molecule has 1 fully saturated rings. The molecule has 2 atom stereocenters. The van der Waals surface area contributed by atoms with Gasteiger partial charge in [-0.25, -0.2) is 24.8 Å². The van der Waals surface area contributed by atoms with Crippen LogP contribution in [0.15, 0.2) is 9.59 Å². The molecule has 2 aromatic rings. The number of thiophene rings is 1. The molecule has 1 saturated carbocycles. The second-order valence-electron chi connectivity index (χ2n) is 8.67. The average molecular weight is 438 g/mol. The number of aryl methyl sites for hydroxylation is 2. The van der Waals surface area contributed by atoms with E-state index in [1.807, 2.05) is 6.92 Å². The normalized spacial score (nSPS) is 18.3. The third-order valence-electron chi connectivity index (χ3n) is 5.05. The van der Waals surface area contributed by atoms with E-state index in [1.165, 1.54) is 20.5 Å². The van der Waals surface area contributed by atoms with Crippen LogP contribution in [0, 0.1) is 12.8 Å². The number of hydrazine groups is 1.